The van der Waals surface area contributed by atoms with Crippen molar-refractivity contribution < 1.29 is 4.79 Å². The number of hydrogen-bond acceptors (Lipinski definition) is 3. The molecule has 0 bridgehead atoms. The number of carbonyl (C=O) groups excluding carboxylic acids is 1. The number of aryl methyl sites for hydroxylation is 2. The summed E-state index contributed by atoms with van der Waals surface area (Å²) in [6.07, 6.45) is 6.34. The van der Waals surface area contributed by atoms with E-state index < -0.39 is 0 Å². The number of hydrogen-bond donors (Lipinski definition) is 2. The van der Waals surface area contributed by atoms with E-state index in [-0.39, 0.29) is 5.91 Å². The first-order valence-electron chi connectivity index (χ1n) is 7.29. The highest BCUT2D eigenvalue weighted by atomic mass is 16.1. The lowest BCUT2D eigenvalue weighted by Gasteiger charge is -2.12. The van der Waals surface area contributed by atoms with Gasteiger partial charge in [0.2, 0.25) is 0 Å². The van der Waals surface area contributed by atoms with Gasteiger partial charge in [0.15, 0.2) is 0 Å². The van der Waals surface area contributed by atoms with E-state index in [4.69, 9.17) is 0 Å². The lowest BCUT2D eigenvalue weighted by atomic mass is 10.1. The van der Waals surface area contributed by atoms with Crippen molar-refractivity contribution in [2.24, 2.45) is 0 Å². The highest BCUT2D eigenvalue weighted by molar-refractivity contribution is 5.99. The van der Waals surface area contributed by atoms with Gasteiger partial charge in [-0.15, -0.1) is 0 Å². The van der Waals surface area contributed by atoms with Crippen molar-refractivity contribution in [1.82, 2.24) is 14.9 Å². The molecule has 5 nitrogen and oxygen atoms in total. The van der Waals surface area contributed by atoms with Crippen LogP contribution in [-0.4, -0.2) is 28.5 Å². The quantitative estimate of drug-likeness (QED) is 0.769. The molecule has 0 aliphatic rings. The van der Waals surface area contributed by atoms with Gasteiger partial charge in [-0.2, -0.15) is 0 Å². The van der Waals surface area contributed by atoms with Crippen LogP contribution in [-0.2, 0) is 6.54 Å². The largest absolute Gasteiger partial charge is 0.385 e. The average Bonchev–Trinajstić information content (AvgIpc) is 2.99. The Kier molecular flexibility index (Phi) is 5.37. The molecule has 21 heavy (non-hydrogen) atoms. The highest BCUT2D eigenvalue weighted by Crippen LogP contribution is 2.17. The summed E-state index contributed by atoms with van der Waals surface area (Å²) in [5.41, 5.74) is 2.68. The van der Waals surface area contributed by atoms with Gasteiger partial charge < -0.3 is 15.2 Å². The van der Waals surface area contributed by atoms with E-state index in [1.54, 1.807) is 12.5 Å². The van der Waals surface area contributed by atoms with Crippen LogP contribution in [0.5, 0.6) is 0 Å². The van der Waals surface area contributed by atoms with Crippen LogP contribution in [0.2, 0.25) is 0 Å². The van der Waals surface area contributed by atoms with Gasteiger partial charge in [0.1, 0.15) is 0 Å². The Morgan fingerprint density at radius 3 is 2.95 bits per heavy atom. The number of benzene rings is 1. The van der Waals surface area contributed by atoms with Crippen molar-refractivity contribution in [3.8, 4) is 0 Å². The molecule has 112 valence electrons. The normalized spacial score (nSPS) is 10.4. The summed E-state index contributed by atoms with van der Waals surface area (Å²) in [6.45, 7) is 6.31. The first kappa shape index (κ1) is 15.1. The fraction of sp³-hybridized carbons (Fsp3) is 0.375. The summed E-state index contributed by atoms with van der Waals surface area (Å²) in [4.78, 5) is 16.3. The molecule has 2 rings (SSSR count). The van der Waals surface area contributed by atoms with Crippen LogP contribution < -0.4 is 10.6 Å². The first-order valence-corrected chi connectivity index (χ1v) is 7.29. The second kappa shape index (κ2) is 7.47. The molecule has 5 heteroatoms. The van der Waals surface area contributed by atoms with Crippen molar-refractivity contribution in [2.45, 2.75) is 26.8 Å². The molecule has 0 aliphatic carbocycles. The van der Waals surface area contributed by atoms with Crippen LogP contribution in [0.1, 0.15) is 29.3 Å². The second-order valence-electron chi connectivity index (χ2n) is 4.99. The van der Waals surface area contributed by atoms with Crippen molar-refractivity contribution in [3.63, 3.8) is 0 Å². The molecule has 0 spiro atoms. The van der Waals surface area contributed by atoms with E-state index in [1.807, 2.05) is 42.8 Å². The molecule has 0 aliphatic heterocycles. The molecule has 1 aromatic heterocycles. The average molecular weight is 286 g/mol. The highest BCUT2D eigenvalue weighted by Gasteiger charge is 2.10. The zero-order valence-corrected chi connectivity index (χ0v) is 12.6. The monoisotopic (exact) mass is 286 g/mol. The third-order valence-corrected chi connectivity index (χ3v) is 3.22. The Morgan fingerprint density at radius 2 is 2.24 bits per heavy atom. The Bertz CT molecular complexity index is 578. The van der Waals surface area contributed by atoms with Crippen LogP contribution in [0.15, 0.2) is 36.9 Å². The van der Waals surface area contributed by atoms with Gasteiger partial charge in [0.25, 0.3) is 5.91 Å². The third-order valence-electron chi connectivity index (χ3n) is 3.22. The molecule has 0 atom stereocenters. The predicted molar refractivity (Wildman–Crippen MR) is 84.5 cm³/mol. The molecule has 1 aromatic carbocycles. The number of imidazole rings is 1. The standard InChI is InChI=1S/C16H22N4O/c1-3-18-15-6-5-13(2)11-14(15)16(21)19-7-4-9-20-10-8-17-12-20/h5-6,8,10-12,18H,3-4,7,9H2,1-2H3,(H,19,21). The maximum atomic E-state index is 12.3. The zero-order chi connectivity index (χ0) is 15.1. The first-order chi connectivity index (χ1) is 10.2. The number of carbonyl (C=O) groups is 1. The van der Waals surface area contributed by atoms with E-state index in [0.29, 0.717) is 12.1 Å². The lowest BCUT2D eigenvalue weighted by molar-refractivity contribution is 0.0953. The molecule has 2 aromatic rings. The number of nitrogens with zero attached hydrogens (tertiary/aromatic N) is 2. The molecule has 0 saturated carbocycles. The van der Waals surface area contributed by atoms with Crippen LogP contribution in [0.4, 0.5) is 5.69 Å². The molecular weight excluding hydrogens is 264 g/mol. The van der Waals surface area contributed by atoms with Crippen LogP contribution in [0, 0.1) is 6.92 Å². The van der Waals surface area contributed by atoms with Crippen LogP contribution >= 0.6 is 0 Å². The molecule has 0 unspecified atom stereocenters. The number of aromatic nitrogens is 2. The van der Waals surface area contributed by atoms with E-state index in [0.717, 1.165) is 30.8 Å². The lowest BCUT2D eigenvalue weighted by Crippen LogP contribution is -2.26. The van der Waals surface area contributed by atoms with Gasteiger partial charge in [0, 0.05) is 37.7 Å². The van der Waals surface area contributed by atoms with E-state index in [2.05, 4.69) is 15.6 Å². The number of rotatable bonds is 7. The number of amides is 1. The Labute approximate surface area is 125 Å². The van der Waals surface area contributed by atoms with E-state index >= 15 is 0 Å². The number of nitrogens with one attached hydrogen (secondary N) is 2. The van der Waals surface area contributed by atoms with Gasteiger partial charge in [-0.3, -0.25) is 4.79 Å². The van der Waals surface area contributed by atoms with Crippen LogP contribution in [0.3, 0.4) is 0 Å². The summed E-state index contributed by atoms with van der Waals surface area (Å²) in [6, 6.07) is 5.89. The molecule has 0 radical (unpaired) electrons. The summed E-state index contributed by atoms with van der Waals surface area (Å²) >= 11 is 0. The topological polar surface area (TPSA) is 59.0 Å². The molecule has 1 amide bonds. The molecule has 0 fully saturated rings. The fourth-order valence-corrected chi connectivity index (χ4v) is 2.17. The zero-order valence-electron chi connectivity index (χ0n) is 12.6. The minimum atomic E-state index is -0.0275. The van der Waals surface area contributed by atoms with Crippen molar-refractivity contribution in [3.05, 3.63) is 48.0 Å². The van der Waals surface area contributed by atoms with Gasteiger partial charge in [-0.1, -0.05) is 11.6 Å². The number of anilines is 1. The van der Waals surface area contributed by atoms with Crippen molar-refractivity contribution in [2.75, 3.05) is 18.4 Å². The Morgan fingerprint density at radius 1 is 1.38 bits per heavy atom. The minimum absolute atomic E-state index is 0.0275. The summed E-state index contributed by atoms with van der Waals surface area (Å²) in [5, 5.41) is 6.20. The maximum absolute atomic E-state index is 12.3. The smallest absolute Gasteiger partial charge is 0.253 e. The molecule has 0 saturated heterocycles. The van der Waals surface area contributed by atoms with Gasteiger partial charge in [0.05, 0.1) is 11.9 Å². The van der Waals surface area contributed by atoms with Gasteiger partial charge in [-0.25, -0.2) is 4.98 Å². The van der Waals surface area contributed by atoms with Crippen molar-refractivity contribution >= 4 is 11.6 Å². The van der Waals surface area contributed by atoms with E-state index in [9.17, 15) is 4.79 Å². The Balaban J connectivity index is 1.88. The molecule has 2 N–H and O–H groups in total. The Hall–Kier alpha value is -2.30. The third kappa shape index (κ3) is 4.34. The molecular formula is C16H22N4O. The van der Waals surface area contributed by atoms with Crippen LogP contribution in [0.25, 0.3) is 0 Å². The maximum Gasteiger partial charge on any atom is 0.253 e. The summed E-state index contributed by atoms with van der Waals surface area (Å²) in [5.74, 6) is -0.0275. The molecule has 1 heterocycles. The summed E-state index contributed by atoms with van der Waals surface area (Å²) < 4.78 is 2.00. The van der Waals surface area contributed by atoms with Gasteiger partial charge >= 0.3 is 0 Å². The second-order valence-corrected chi connectivity index (χ2v) is 4.99. The predicted octanol–water partition coefficient (Wildman–Crippen LogP) is 2.44. The fourth-order valence-electron chi connectivity index (χ4n) is 2.17. The van der Waals surface area contributed by atoms with Crippen molar-refractivity contribution in [1.29, 1.82) is 0 Å². The summed E-state index contributed by atoms with van der Waals surface area (Å²) in [7, 11) is 0. The minimum Gasteiger partial charge on any atom is -0.385 e. The SMILES string of the molecule is CCNc1ccc(C)cc1C(=O)NCCCn1ccnc1. The van der Waals surface area contributed by atoms with E-state index in [1.165, 1.54) is 0 Å². The van der Waals surface area contributed by atoms with Gasteiger partial charge in [-0.05, 0) is 32.4 Å².